The minimum atomic E-state index is -0.826. The van der Waals surface area contributed by atoms with Gasteiger partial charge in [-0.1, -0.05) is 50.2 Å². The predicted octanol–water partition coefficient (Wildman–Crippen LogP) is 11.8. The van der Waals surface area contributed by atoms with Gasteiger partial charge < -0.3 is 0 Å². The van der Waals surface area contributed by atoms with Crippen molar-refractivity contribution in [2.45, 2.75) is 26.9 Å². The van der Waals surface area contributed by atoms with Crippen molar-refractivity contribution in [1.29, 1.82) is 0 Å². The van der Waals surface area contributed by atoms with Crippen LogP contribution in [0, 0.1) is 37.1 Å². The van der Waals surface area contributed by atoms with E-state index in [2.05, 4.69) is 25.2 Å². The van der Waals surface area contributed by atoms with E-state index in [1.165, 1.54) is 24.3 Å². The van der Waals surface area contributed by atoms with E-state index in [0.29, 0.717) is 11.1 Å². The summed E-state index contributed by atoms with van der Waals surface area (Å²) in [4.78, 5) is 0. The molecule has 6 aromatic rings. The standard InChI is InChI=1S/2C16H11F2.C2H6Si.2ClH.Zr/c2*1-10-7-11-3-2-4-13(15(11)8-10)14-6-5-12(17)9-16(14)18;1-3-2;;;/h2*2-9H,1H3;1-2H3;2*1H;/q2*-1;;;;+4/p-2. The molecule has 0 N–H and O–H groups in total. The van der Waals surface area contributed by atoms with Crippen LogP contribution in [0.2, 0.25) is 13.1 Å². The van der Waals surface area contributed by atoms with Crippen LogP contribution in [-0.2, 0) is 20.8 Å². The van der Waals surface area contributed by atoms with E-state index in [1.807, 2.05) is 62.4 Å². The molecule has 2 radical (unpaired) electrons. The van der Waals surface area contributed by atoms with Gasteiger partial charge in [0.05, 0.1) is 0 Å². The van der Waals surface area contributed by atoms with Gasteiger partial charge in [0.2, 0.25) is 0 Å². The fraction of sp³-hybridized carbons (Fsp3) is 0.118. The van der Waals surface area contributed by atoms with Gasteiger partial charge in [0.15, 0.2) is 0 Å². The summed E-state index contributed by atoms with van der Waals surface area (Å²) in [6, 6.07) is 27.0. The zero-order valence-electron chi connectivity index (χ0n) is 23.5. The Labute approximate surface area is 265 Å². The summed E-state index contributed by atoms with van der Waals surface area (Å²) in [7, 11) is 11.0. The minimum absolute atomic E-state index is 0.438. The fourth-order valence-electron chi connectivity index (χ4n) is 4.65. The van der Waals surface area contributed by atoms with E-state index in [-0.39, 0.29) is 0 Å². The van der Waals surface area contributed by atoms with Gasteiger partial charge in [0.1, 0.15) is 23.3 Å². The molecule has 6 aromatic carbocycles. The Morgan fingerprint density at radius 1 is 0.571 bits per heavy atom. The number of hydrogen-bond acceptors (Lipinski definition) is 0. The monoisotopic (exact) mass is 700 g/mol. The maximum atomic E-state index is 13.8. The van der Waals surface area contributed by atoms with Crippen molar-refractivity contribution in [3.63, 3.8) is 0 Å². The molecule has 214 valence electrons. The van der Waals surface area contributed by atoms with Crippen molar-refractivity contribution < 1.29 is 38.4 Å². The van der Waals surface area contributed by atoms with Gasteiger partial charge in [0, 0.05) is 32.8 Å². The summed E-state index contributed by atoms with van der Waals surface area (Å²) < 4.78 is 53.5. The summed E-state index contributed by atoms with van der Waals surface area (Å²) in [6.07, 6.45) is 0. The average Bonchev–Trinajstić information content (AvgIpc) is 3.51. The quantitative estimate of drug-likeness (QED) is 0.0957. The Balaban J connectivity index is 0.000000195. The molecule has 42 heavy (non-hydrogen) atoms. The normalized spacial score (nSPS) is 10.1. The number of rotatable bonds is 2. The van der Waals surface area contributed by atoms with E-state index in [1.54, 1.807) is 0 Å². The molecule has 0 aliphatic rings. The van der Waals surface area contributed by atoms with Gasteiger partial charge in [0.25, 0.3) is 0 Å². The third-order valence-corrected chi connectivity index (χ3v) is 6.23. The van der Waals surface area contributed by atoms with Crippen molar-refractivity contribution in [2.24, 2.45) is 0 Å². The molecule has 0 bridgehead atoms. The molecule has 8 heteroatoms. The van der Waals surface area contributed by atoms with E-state index in [0.717, 1.165) is 65.5 Å². The molecular weight excluding hydrogens is 675 g/mol. The molecule has 0 aliphatic carbocycles. The summed E-state index contributed by atoms with van der Waals surface area (Å²) in [5, 5.41) is 4.16. The average molecular weight is 703 g/mol. The summed E-state index contributed by atoms with van der Waals surface area (Å²) in [5.74, 6) is -2.16. The van der Waals surface area contributed by atoms with Crippen molar-refractivity contribution in [1.82, 2.24) is 0 Å². The van der Waals surface area contributed by atoms with Gasteiger partial charge in [-0.15, -0.1) is 69.1 Å². The SMILES string of the molecule is C[Si]C.Cc1cc2c(-c3ccc(F)cc3F)cccc2[cH-]1.Cc1cc2c(-c3ccc(F)cc3F)cccc2[cH-]1.[Cl][Zr+2][Cl]. The number of aryl methyl sites for hydroxylation is 2. The molecular formula is C34H28Cl2F4SiZr. The molecule has 0 spiro atoms. The Morgan fingerprint density at radius 3 is 1.26 bits per heavy atom. The van der Waals surface area contributed by atoms with Crippen LogP contribution in [0.25, 0.3) is 43.8 Å². The van der Waals surface area contributed by atoms with Crippen LogP contribution in [0.15, 0.2) is 97.1 Å². The van der Waals surface area contributed by atoms with Gasteiger partial charge in [-0.3, -0.25) is 0 Å². The van der Waals surface area contributed by atoms with Gasteiger partial charge >= 0.3 is 37.9 Å². The molecule has 0 saturated carbocycles. The van der Waals surface area contributed by atoms with E-state index in [4.69, 9.17) is 17.0 Å². The molecule has 0 nitrogen and oxygen atoms in total. The van der Waals surface area contributed by atoms with Gasteiger partial charge in [-0.25, -0.2) is 17.6 Å². The van der Waals surface area contributed by atoms with Crippen LogP contribution in [0.3, 0.4) is 0 Å². The molecule has 0 unspecified atom stereocenters. The first-order valence-corrected chi connectivity index (χ1v) is 21.2. The van der Waals surface area contributed by atoms with Crippen LogP contribution in [0.4, 0.5) is 17.6 Å². The van der Waals surface area contributed by atoms with Crippen LogP contribution >= 0.6 is 17.0 Å². The van der Waals surface area contributed by atoms with Crippen LogP contribution in [-0.4, -0.2) is 9.52 Å². The topological polar surface area (TPSA) is 0 Å². The number of benzene rings is 4. The molecule has 0 aromatic heterocycles. The van der Waals surface area contributed by atoms with E-state index >= 15 is 0 Å². The van der Waals surface area contributed by atoms with Crippen LogP contribution in [0.1, 0.15) is 11.1 Å². The summed E-state index contributed by atoms with van der Waals surface area (Å²) in [6.45, 7) is 8.32. The number of halogens is 6. The first-order chi connectivity index (χ1) is 20.1. The fourth-order valence-corrected chi connectivity index (χ4v) is 4.65. The molecule has 0 atom stereocenters. The second-order valence-electron chi connectivity index (χ2n) is 9.50. The summed E-state index contributed by atoms with van der Waals surface area (Å²) in [5.41, 5.74) is 4.76. The van der Waals surface area contributed by atoms with Crippen molar-refractivity contribution >= 4 is 48.1 Å². The molecule has 0 saturated heterocycles. The first kappa shape index (κ1) is 34.0. The molecule has 6 rings (SSSR count). The second kappa shape index (κ2) is 16.4. The van der Waals surface area contributed by atoms with Crippen molar-refractivity contribution in [3.05, 3.63) is 131 Å². The Hall–Kier alpha value is -2.50. The number of hydrogen-bond donors (Lipinski definition) is 0. The zero-order valence-corrected chi connectivity index (χ0v) is 28.5. The van der Waals surface area contributed by atoms with Crippen LogP contribution in [0.5, 0.6) is 0 Å². The molecule has 0 amide bonds. The third kappa shape index (κ3) is 8.76. The summed E-state index contributed by atoms with van der Waals surface area (Å²) >= 11 is -0.826. The van der Waals surface area contributed by atoms with E-state index < -0.39 is 44.1 Å². The second-order valence-corrected chi connectivity index (χ2v) is 14.2. The Kier molecular flexibility index (Phi) is 13.3. The van der Waals surface area contributed by atoms with Gasteiger partial charge in [-0.05, 0) is 24.3 Å². The van der Waals surface area contributed by atoms with Crippen molar-refractivity contribution in [2.75, 3.05) is 0 Å². The van der Waals surface area contributed by atoms with E-state index in [9.17, 15) is 17.6 Å². The molecule has 0 aliphatic heterocycles. The predicted molar refractivity (Wildman–Crippen MR) is 168 cm³/mol. The Morgan fingerprint density at radius 2 is 0.929 bits per heavy atom. The third-order valence-electron chi connectivity index (χ3n) is 6.23. The van der Waals surface area contributed by atoms with Crippen molar-refractivity contribution in [3.8, 4) is 22.3 Å². The van der Waals surface area contributed by atoms with Crippen LogP contribution < -0.4 is 0 Å². The first-order valence-electron chi connectivity index (χ1n) is 12.9. The van der Waals surface area contributed by atoms with Gasteiger partial charge in [-0.2, -0.15) is 12.1 Å². The molecule has 0 heterocycles. The zero-order chi connectivity index (χ0) is 30.8. The number of fused-ring (bicyclic) bond motifs is 2. The molecule has 0 fully saturated rings. The maximum absolute atomic E-state index is 13.8. The Bertz CT molecular complexity index is 1630.